The fourth-order valence-electron chi connectivity index (χ4n) is 3.76. The molecule has 0 N–H and O–H groups in total. The van der Waals surface area contributed by atoms with Crippen molar-refractivity contribution in [2.45, 2.75) is 0 Å². The van der Waals surface area contributed by atoms with Gasteiger partial charge in [-0.3, -0.25) is 0 Å². The monoisotopic (exact) mass is 432 g/mol. The zero-order valence-corrected chi connectivity index (χ0v) is 18.0. The molecular weight excluding hydrogens is 416 g/mol. The molecule has 4 rings (SSSR count). The first-order chi connectivity index (χ1) is 16.7. The lowest BCUT2D eigenvalue weighted by molar-refractivity contribution is 1.44. The highest BCUT2D eigenvalue weighted by Gasteiger charge is 2.17. The predicted molar refractivity (Wildman–Crippen MR) is 130 cm³/mol. The first-order valence-electron chi connectivity index (χ1n) is 10.4. The molecule has 0 aliphatic rings. The van der Waals surface area contributed by atoms with Gasteiger partial charge in [-0.05, 0) is 81.9 Å². The van der Waals surface area contributed by atoms with Crippen LogP contribution in [0.4, 0.5) is 0 Å². The second-order valence-electron chi connectivity index (χ2n) is 7.51. The highest BCUT2D eigenvalue weighted by molar-refractivity contribution is 6.04. The zero-order valence-electron chi connectivity index (χ0n) is 18.0. The first-order valence-corrected chi connectivity index (χ1v) is 10.4. The minimum atomic E-state index is 0.557. The van der Waals surface area contributed by atoms with E-state index in [1.165, 1.54) is 0 Å². The molecule has 4 heteroatoms. The van der Waals surface area contributed by atoms with Crippen LogP contribution < -0.4 is 0 Å². The molecule has 34 heavy (non-hydrogen) atoms. The largest absolute Gasteiger partial charge is 0.192 e. The van der Waals surface area contributed by atoms with Gasteiger partial charge in [0.15, 0.2) is 0 Å². The van der Waals surface area contributed by atoms with Gasteiger partial charge in [0.05, 0.1) is 46.5 Å². The average Bonchev–Trinajstić information content (AvgIpc) is 2.92. The standard InChI is InChI=1S/C30H16N4/c31-17-21-1-9-25(10-2-21)29(26-11-3-22(18-32)4-12-26)30(27-13-5-23(19-33)6-14-27)28-15-7-24(20-34)8-16-28/h1-16H. The summed E-state index contributed by atoms with van der Waals surface area (Å²) in [5.41, 5.74) is 7.62. The lowest BCUT2D eigenvalue weighted by Crippen LogP contribution is -1.98. The Hall–Kier alpha value is -5.42. The summed E-state index contributed by atoms with van der Waals surface area (Å²) in [4.78, 5) is 0. The predicted octanol–water partition coefficient (Wildman–Crippen LogP) is 6.18. The van der Waals surface area contributed by atoms with E-state index in [1.54, 1.807) is 48.5 Å². The van der Waals surface area contributed by atoms with Crippen molar-refractivity contribution >= 4 is 11.1 Å². The first kappa shape index (κ1) is 21.8. The van der Waals surface area contributed by atoms with Gasteiger partial charge in [0.2, 0.25) is 0 Å². The second-order valence-corrected chi connectivity index (χ2v) is 7.51. The molecule has 0 atom stereocenters. The van der Waals surface area contributed by atoms with Crippen molar-refractivity contribution in [1.82, 2.24) is 0 Å². The third-order valence-electron chi connectivity index (χ3n) is 5.46. The normalized spacial score (nSPS) is 9.65. The number of hydrogen-bond donors (Lipinski definition) is 0. The summed E-state index contributed by atoms with van der Waals surface area (Å²) >= 11 is 0. The molecule has 4 nitrogen and oxygen atoms in total. The van der Waals surface area contributed by atoms with Crippen molar-refractivity contribution in [3.8, 4) is 24.3 Å². The molecule has 0 saturated heterocycles. The Morgan fingerprint density at radius 2 is 0.500 bits per heavy atom. The molecule has 0 aliphatic carbocycles. The minimum absolute atomic E-state index is 0.557. The fourth-order valence-corrected chi connectivity index (χ4v) is 3.76. The van der Waals surface area contributed by atoms with Crippen LogP contribution in [0.5, 0.6) is 0 Å². The number of hydrogen-bond acceptors (Lipinski definition) is 4. The number of nitriles is 4. The number of nitrogens with zero attached hydrogens (tertiary/aromatic N) is 4. The molecule has 0 spiro atoms. The van der Waals surface area contributed by atoms with Crippen LogP contribution in [0.3, 0.4) is 0 Å². The molecule has 4 aromatic rings. The van der Waals surface area contributed by atoms with Crippen LogP contribution in [-0.4, -0.2) is 0 Å². The molecule has 0 heterocycles. The van der Waals surface area contributed by atoms with Crippen molar-refractivity contribution in [1.29, 1.82) is 21.0 Å². The smallest absolute Gasteiger partial charge is 0.0991 e. The summed E-state index contributed by atoms with van der Waals surface area (Å²) in [7, 11) is 0. The summed E-state index contributed by atoms with van der Waals surface area (Å²) in [5.74, 6) is 0. The van der Waals surface area contributed by atoms with Crippen LogP contribution in [0.15, 0.2) is 97.1 Å². The maximum atomic E-state index is 9.26. The number of rotatable bonds is 4. The van der Waals surface area contributed by atoms with Gasteiger partial charge in [-0.25, -0.2) is 0 Å². The van der Waals surface area contributed by atoms with E-state index in [-0.39, 0.29) is 0 Å². The summed E-state index contributed by atoms with van der Waals surface area (Å²) in [5, 5.41) is 37.0. The lowest BCUT2D eigenvalue weighted by atomic mass is 9.85. The van der Waals surface area contributed by atoms with E-state index >= 15 is 0 Å². The van der Waals surface area contributed by atoms with E-state index in [0.29, 0.717) is 22.3 Å². The van der Waals surface area contributed by atoms with Crippen molar-refractivity contribution in [3.63, 3.8) is 0 Å². The lowest BCUT2D eigenvalue weighted by Gasteiger charge is -2.18. The van der Waals surface area contributed by atoms with Crippen molar-refractivity contribution in [2.75, 3.05) is 0 Å². The van der Waals surface area contributed by atoms with E-state index in [2.05, 4.69) is 24.3 Å². The molecule has 0 saturated carbocycles. The van der Waals surface area contributed by atoms with E-state index < -0.39 is 0 Å². The topological polar surface area (TPSA) is 95.2 Å². The quantitative estimate of drug-likeness (QED) is 0.360. The Labute approximate surface area is 198 Å². The van der Waals surface area contributed by atoms with E-state index in [4.69, 9.17) is 0 Å². The third kappa shape index (κ3) is 4.44. The summed E-state index contributed by atoms with van der Waals surface area (Å²) < 4.78 is 0. The fraction of sp³-hybridized carbons (Fsp3) is 0. The van der Waals surface area contributed by atoms with Crippen molar-refractivity contribution in [2.24, 2.45) is 0 Å². The molecule has 0 radical (unpaired) electrons. The van der Waals surface area contributed by atoms with Crippen LogP contribution in [0.1, 0.15) is 44.5 Å². The Kier molecular flexibility index (Phi) is 6.29. The van der Waals surface area contributed by atoms with Gasteiger partial charge in [0, 0.05) is 0 Å². The van der Waals surface area contributed by atoms with Crippen LogP contribution in [0, 0.1) is 45.3 Å². The van der Waals surface area contributed by atoms with Crippen molar-refractivity contribution < 1.29 is 0 Å². The minimum Gasteiger partial charge on any atom is -0.192 e. The molecule has 0 amide bonds. The maximum absolute atomic E-state index is 9.26. The number of benzene rings is 4. The molecule has 156 valence electrons. The molecule has 4 aromatic carbocycles. The maximum Gasteiger partial charge on any atom is 0.0991 e. The van der Waals surface area contributed by atoms with Gasteiger partial charge in [-0.15, -0.1) is 0 Å². The van der Waals surface area contributed by atoms with E-state index in [0.717, 1.165) is 33.4 Å². The molecule has 0 fully saturated rings. The molecule has 0 unspecified atom stereocenters. The van der Waals surface area contributed by atoms with Gasteiger partial charge < -0.3 is 0 Å². The van der Waals surface area contributed by atoms with E-state index in [1.807, 2.05) is 48.5 Å². The van der Waals surface area contributed by atoms with Crippen molar-refractivity contribution in [3.05, 3.63) is 142 Å². The molecule has 0 aromatic heterocycles. The van der Waals surface area contributed by atoms with E-state index in [9.17, 15) is 21.0 Å². The Bertz CT molecular complexity index is 1290. The van der Waals surface area contributed by atoms with Crippen LogP contribution in [0.25, 0.3) is 11.1 Å². The van der Waals surface area contributed by atoms with Crippen LogP contribution in [0.2, 0.25) is 0 Å². The average molecular weight is 432 g/mol. The summed E-state index contributed by atoms with van der Waals surface area (Å²) in [6, 6.07) is 38.0. The van der Waals surface area contributed by atoms with Gasteiger partial charge in [-0.2, -0.15) is 21.0 Å². The Morgan fingerprint density at radius 3 is 0.647 bits per heavy atom. The summed E-state index contributed by atoms with van der Waals surface area (Å²) in [6.07, 6.45) is 0. The SMILES string of the molecule is N#Cc1ccc(C(=C(c2ccc(C#N)cc2)c2ccc(C#N)cc2)c2ccc(C#N)cc2)cc1. The Morgan fingerprint density at radius 1 is 0.324 bits per heavy atom. The highest BCUT2D eigenvalue weighted by atomic mass is 14.3. The van der Waals surface area contributed by atoms with Gasteiger partial charge in [-0.1, -0.05) is 48.5 Å². The van der Waals surface area contributed by atoms with Gasteiger partial charge >= 0.3 is 0 Å². The van der Waals surface area contributed by atoms with Gasteiger partial charge in [0.25, 0.3) is 0 Å². The van der Waals surface area contributed by atoms with Gasteiger partial charge in [0.1, 0.15) is 0 Å². The van der Waals surface area contributed by atoms with Crippen LogP contribution >= 0.6 is 0 Å². The Balaban J connectivity index is 2.08. The molecule has 0 aliphatic heterocycles. The third-order valence-corrected chi connectivity index (χ3v) is 5.46. The zero-order chi connectivity index (χ0) is 23.9. The van der Waals surface area contributed by atoms with Crippen LogP contribution in [-0.2, 0) is 0 Å². The molecule has 0 bridgehead atoms. The molecular formula is C30H16N4. The highest BCUT2D eigenvalue weighted by Crippen LogP contribution is 2.37. The second kappa shape index (κ2) is 9.80. The summed E-state index contributed by atoms with van der Waals surface area (Å²) in [6.45, 7) is 0.